The average molecular weight is 502 g/mol. The third-order valence-electron chi connectivity index (χ3n) is 7.58. The Labute approximate surface area is 223 Å². The van der Waals surface area contributed by atoms with Gasteiger partial charge in [0.2, 0.25) is 0 Å². The van der Waals surface area contributed by atoms with Gasteiger partial charge in [0.25, 0.3) is 0 Å². The summed E-state index contributed by atoms with van der Waals surface area (Å²) < 4.78 is 2.61. The number of hydrogen-bond acceptors (Lipinski definition) is 3. The fraction of sp³-hybridized carbons (Fsp3) is 0.0294. The van der Waals surface area contributed by atoms with Crippen molar-refractivity contribution < 1.29 is 0 Å². The van der Waals surface area contributed by atoms with Crippen LogP contribution in [0.25, 0.3) is 58.3 Å². The summed E-state index contributed by atoms with van der Waals surface area (Å²) in [5, 5.41) is 3.60. The molecule has 38 heavy (non-hydrogen) atoms. The topological polar surface area (TPSA) is 30.1 Å². The Morgan fingerprint density at radius 1 is 0.658 bits per heavy atom. The molecule has 0 N–H and O–H groups in total. The zero-order valence-electron chi connectivity index (χ0n) is 20.2. The van der Waals surface area contributed by atoms with Crippen LogP contribution in [0.5, 0.6) is 0 Å². The van der Waals surface area contributed by atoms with Crippen LogP contribution in [-0.4, -0.2) is 9.97 Å². The van der Waals surface area contributed by atoms with Crippen LogP contribution in [0.3, 0.4) is 0 Å². The van der Waals surface area contributed by atoms with Gasteiger partial charge < -0.3 is 0 Å². The van der Waals surface area contributed by atoms with Crippen LogP contribution in [0.2, 0.25) is 0 Å². The highest BCUT2D eigenvalue weighted by Gasteiger charge is 2.34. The van der Waals surface area contributed by atoms with Gasteiger partial charge in [0, 0.05) is 25.6 Å². The second-order valence-corrected chi connectivity index (χ2v) is 10.7. The second kappa shape index (κ2) is 8.08. The van der Waals surface area contributed by atoms with E-state index in [-0.39, 0.29) is 5.92 Å². The first-order chi connectivity index (χ1) is 18.8. The van der Waals surface area contributed by atoms with Crippen molar-refractivity contribution in [3.63, 3.8) is 0 Å². The molecule has 1 aliphatic carbocycles. The largest absolute Gasteiger partial charge is 0.238 e. The molecule has 0 saturated heterocycles. The Bertz CT molecular complexity index is 2100. The molecule has 1 atom stereocenters. The molecule has 0 saturated carbocycles. The van der Waals surface area contributed by atoms with E-state index in [0.717, 1.165) is 28.0 Å². The van der Waals surface area contributed by atoms with Crippen molar-refractivity contribution in [3.05, 3.63) is 138 Å². The summed E-state index contributed by atoms with van der Waals surface area (Å²) in [6, 6.07) is 37.8. The maximum absolute atomic E-state index is 7.34. The monoisotopic (exact) mass is 501 g/mol. The Balaban J connectivity index is 1.44. The van der Waals surface area contributed by atoms with Gasteiger partial charge in [-0.2, -0.15) is 0 Å². The lowest BCUT2D eigenvalue weighted by atomic mass is 9.94. The molecule has 3 nitrogen and oxygen atoms in total. The van der Waals surface area contributed by atoms with Crippen molar-refractivity contribution >= 4 is 48.1 Å². The fourth-order valence-electron chi connectivity index (χ4n) is 5.89. The number of thiophene rings is 1. The molecule has 0 bridgehead atoms. The Kier molecular flexibility index (Phi) is 4.52. The summed E-state index contributed by atoms with van der Waals surface area (Å²) in [5.41, 5.74) is 8.51. The highest BCUT2D eigenvalue weighted by molar-refractivity contribution is 7.26. The normalized spacial score (nSPS) is 14.0. The number of fused-ring (bicyclic) bond motifs is 8. The highest BCUT2D eigenvalue weighted by Crippen LogP contribution is 2.52. The molecule has 0 amide bonds. The van der Waals surface area contributed by atoms with Crippen molar-refractivity contribution in [2.75, 3.05) is 0 Å². The Morgan fingerprint density at radius 2 is 1.42 bits per heavy atom. The van der Waals surface area contributed by atoms with Gasteiger partial charge in [-0.25, -0.2) is 14.8 Å². The number of benzene rings is 5. The quantitative estimate of drug-likeness (QED) is 0.221. The van der Waals surface area contributed by atoms with Crippen molar-refractivity contribution in [1.82, 2.24) is 9.97 Å². The van der Waals surface area contributed by atoms with E-state index in [9.17, 15) is 0 Å². The highest BCUT2D eigenvalue weighted by atomic mass is 32.1. The summed E-state index contributed by atoms with van der Waals surface area (Å²) in [4.78, 5) is 14.0. The molecule has 0 radical (unpaired) electrons. The zero-order chi connectivity index (χ0) is 25.2. The third kappa shape index (κ3) is 3.00. The molecule has 2 aromatic heterocycles. The standard InChI is InChI=1S/C34H19N3S/c1-35-21-16-14-20(15-17-21)32-27-11-4-6-12-28(27)36-34(37-32)31-24-10-3-2-8-22(24)25-18-19-26-23-9-5-7-13-29(23)38-33(26)30(25)31/h2-19,31H. The fourth-order valence-corrected chi connectivity index (χ4v) is 7.17. The molecule has 8 rings (SSSR count). The molecule has 0 fully saturated rings. The van der Waals surface area contributed by atoms with Gasteiger partial charge in [0.05, 0.1) is 23.7 Å². The predicted molar refractivity (Wildman–Crippen MR) is 157 cm³/mol. The van der Waals surface area contributed by atoms with Gasteiger partial charge in [-0.3, -0.25) is 0 Å². The first kappa shape index (κ1) is 21.3. The molecule has 1 aliphatic rings. The Morgan fingerprint density at radius 3 is 2.29 bits per heavy atom. The van der Waals surface area contributed by atoms with Crippen molar-refractivity contribution in [3.8, 4) is 22.4 Å². The summed E-state index contributed by atoms with van der Waals surface area (Å²) >= 11 is 1.86. The maximum Gasteiger partial charge on any atom is 0.187 e. The van der Waals surface area contributed by atoms with Crippen LogP contribution < -0.4 is 0 Å². The third-order valence-corrected chi connectivity index (χ3v) is 8.80. The predicted octanol–water partition coefficient (Wildman–Crippen LogP) is 9.38. The maximum atomic E-state index is 7.34. The van der Waals surface area contributed by atoms with Gasteiger partial charge in [0.1, 0.15) is 5.82 Å². The first-order valence-corrected chi connectivity index (χ1v) is 13.4. The number of nitrogens with zero attached hydrogens (tertiary/aromatic N) is 3. The minimum Gasteiger partial charge on any atom is -0.238 e. The van der Waals surface area contributed by atoms with Crippen LogP contribution in [0.15, 0.2) is 109 Å². The number of aromatic nitrogens is 2. The molecule has 0 aliphatic heterocycles. The van der Waals surface area contributed by atoms with E-state index in [2.05, 4.69) is 77.6 Å². The summed E-state index contributed by atoms with van der Waals surface area (Å²) in [7, 11) is 0. The average Bonchev–Trinajstić information content (AvgIpc) is 3.53. The van der Waals surface area contributed by atoms with Gasteiger partial charge in [0.15, 0.2) is 5.69 Å². The van der Waals surface area contributed by atoms with E-state index in [1.165, 1.54) is 42.4 Å². The van der Waals surface area contributed by atoms with Crippen LogP contribution in [0.1, 0.15) is 22.9 Å². The molecule has 1 unspecified atom stereocenters. The lowest BCUT2D eigenvalue weighted by Crippen LogP contribution is -2.07. The van der Waals surface area contributed by atoms with Gasteiger partial charge in [-0.1, -0.05) is 97.1 Å². The van der Waals surface area contributed by atoms with Crippen molar-refractivity contribution in [1.29, 1.82) is 0 Å². The molecular formula is C34H19N3S. The zero-order valence-corrected chi connectivity index (χ0v) is 21.0. The van der Waals surface area contributed by atoms with Crippen LogP contribution in [0.4, 0.5) is 5.69 Å². The van der Waals surface area contributed by atoms with Gasteiger partial charge in [-0.15, -0.1) is 11.3 Å². The molecular weight excluding hydrogens is 482 g/mol. The summed E-state index contributed by atoms with van der Waals surface area (Å²) in [6.45, 7) is 7.34. The molecule has 0 spiro atoms. The van der Waals surface area contributed by atoms with Gasteiger partial charge in [-0.05, 0) is 39.9 Å². The van der Waals surface area contributed by atoms with Crippen LogP contribution in [-0.2, 0) is 0 Å². The van der Waals surface area contributed by atoms with Crippen molar-refractivity contribution in [2.45, 2.75) is 5.92 Å². The number of rotatable bonds is 2. The minimum absolute atomic E-state index is 0.0659. The van der Waals surface area contributed by atoms with Gasteiger partial charge >= 0.3 is 0 Å². The van der Waals surface area contributed by atoms with E-state index in [4.69, 9.17) is 16.5 Å². The molecule has 5 aromatic carbocycles. The van der Waals surface area contributed by atoms with E-state index in [1.54, 1.807) is 0 Å². The van der Waals surface area contributed by atoms with Crippen LogP contribution >= 0.6 is 11.3 Å². The van der Waals surface area contributed by atoms with E-state index < -0.39 is 0 Å². The lowest BCUT2D eigenvalue weighted by Gasteiger charge is -2.16. The molecule has 7 aromatic rings. The first-order valence-electron chi connectivity index (χ1n) is 12.6. The van der Waals surface area contributed by atoms with Crippen molar-refractivity contribution in [2.24, 2.45) is 0 Å². The molecule has 176 valence electrons. The number of hydrogen-bond donors (Lipinski definition) is 0. The summed E-state index contributed by atoms with van der Waals surface area (Å²) in [5.74, 6) is 0.743. The Hall–Kier alpha value is -4.85. The van der Waals surface area contributed by atoms with E-state index in [0.29, 0.717) is 5.69 Å². The smallest absolute Gasteiger partial charge is 0.187 e. The summed E-state index contributed by atoms with van der Waals surface area (Å²) in [6.07, 6.45) is 0. The lowest BCUT2D eigenvalue weighted by molar-refractivity contribution is 0.898. The molecule has 4 heteroatoms. The van der Waals surface area contributed by atoms with E-state index >= 15 is 0 Å². The van der Waals surface area contributed by atoms with Crippen LogP contribution in [0, 0.1) is 6.57 Å². The second-order valence-electron chi connectivity index (χ2n) is 9.63. The number of para-hydroxylation sites is 1. The van der Waals surface area contributed by atoms with E-state index in [1.807, 2.05) is 47.7 Å². The molecule has 2 heterocycles. The SMILES string of the molecule is [C-]#[N+]c1ccc(-c2nc(C3c4ccccc4-c4ccc5c(sc6ccccc65)c43)nc3ccccc23)cc1. The minimum atomic E-state index is -0.0659.